The summed E-state index contributed by atoms with van der Waals surface area (Å²) < 4.78 is 0.879. The van der Waals surface area contributed by atoms with Crippen molar-refractivity contribution in [1.29, 1.82) is 0 Å². The Morgan fingerprint density at radius 3 is 2.79 bits per heavy atom. The molecule has 4 heteroatoms. The minimum atomic E-state index is -0.0140. The fraction of sp³-hybridized carbons (Fsp3) is 0.267. The van der Waals surface area contributed by atoms with Gasteiger partial charge in [0.1, 0.15) is 5.82 Å². The zero-order chi connectivity index (χ0) is 13.8. The summed E-state index contributed by atoms with van der Waals surface area (Å²) in [5.41, 5.74) is 3.30. The molecule has 100 valence electrons. The van der Waals surface area contributed by atoms with Crippen LogP contribution in [0.2, 0.25) is 0 Å². The van der Waals surface area contributed by atoms with E-state index < -0.39 is 0 Å². The average Bonchev–Trinajstić information content (AvgIpc) is 2.38. The number of hydrogen-bond acceptors (Lipinski definition) is 3. The molecule has 1 N–H and O–H groups in total. The molecule has 2 aromatic rings. The molecule has 0 aliphatic rings. The molecule has 0 amide bonds. The average molecular weight is 321 g/mol. The van der Waals surface area contributed by atoms with Crippen molar-refractivity contribution in [3.05, 3.63) is 57.7 Å². The van der Waals surface area contributed by atoms with Gasteiger partial charge in [0.15, 0.2) is 0 Å². The van der Waals surface area contributed by atoms with Gasteiger partial charge in [-0.3, -0.25) is 0 Å². The van der Waals surface area contributed by atoms with Crippen molar-refractivity contribution < 1.29 is 5.11 Å². The van der Waals surface area contributed by atoms with Crippen molar-refractivity contribution in [2.75, 3.05) is 11.9 Å². The zero-order valence-corrected chi connectivity index (χ0v) is 12.7. The molecule has 0 saturated heterocycles. The van der Waals surface area contributed by atoms with Gasteiger partial charge < -0.3 is 10.0 Å². The third kappa shape index (κ3) is 3.55. The molecule has 0 fully saturated rings. The predicted molar refractivity (Wildman–Crippen MR) is 81.1 cm³/mol. The Labute approximate surface area is 122 Å². The molecule has 0 unspecified atom stereocenters. The quantitative estimate of drug-likeness (QED) is 0.939. The van der Waals surface area contributed by atoms with Gasteiger partial charge in [0.2, 0.25) is 0 Å². The van der Waals surface area contributed by atoms with Crippen molar-refractivity contribution in [3.63, 3.8) is 0 Å². The molecule has 0 aliphatic carbocycles. The first-order valence-corrected chi connectivity index (χ1v) is 6.91. The van der Waals surface area contributed by atoms with Gasteiger partial charge in [-0.1, -0.05) is 29.8 Å². The lowest BCUT2D eigenvalue weighted by molar-refractivity contribution is 0.281. The number of halogens is 1. The number of rotatable bonds is 4. The Morgan fingerprint density at radius 2 is 2.11 bits per heavy atom. The van der Waals surface area contributed by atoms with E-state index in [1.165, 1.54) is 11.1 Å². The smallest absolute Gasteiger partial charge is 0.134 e. The van der Waals surface area contributed by atoms with Crippen LogP contribution in [-0.2, 0) is 13.2 Å². The number of anilines is 1. The van der Waals surface area contributed by atoms with E-state index in [2.05, 4.69) is 52.1 Å². The summed E-state index contributed by atoms with van der Waals surface area (Å²) in [6, 6.07) is 10.3. The van der Waals surface area contributed by atoms with Gasteiger partial charge in [0, 0.05) is 29.8 Å². The molecule has 2 rings (SSSR count). The van der Waals surface area contributed by atoms with Gasteiger partial charge in [-0.05, 0) is 34.5 Å². The summed E-state index contributed by atoms with van der Waals surface area (Å²) in [6.07, 6.45) is 1.75. The highest BCUT2D eigenvalue weighted by Gasteiger charge is 2.09. The number of benzene rings is 1. The van der Waals surface area contributed by atoms with Crippen LogP contribution in [0.25, 0.3) is 0 Å². The zero-order valence-electron chi connectivity index (χ0n) is 11.1. The molecule has 1 aromatic heterocycles. The van der Waals surface area contributed by atoms with Gasteiger partial charge in [0.05, 0.1) is 6.61 Å². The Kier molecular flexibility index (Phi) is 4.56. The lowest BCUT2D eigenvalue weighted by Crippen LogP contribution is -2.19. The lowest BCUT2D eigenvalue weighted by atomic mass is 10.1. The number of nitrogens with zero attached hydrogens (tertiary/aromatic N) is 2. The topological polar surface area (TPSA) is 36.4 Å². The van der Waals surface area contributed by atoms with E-state index in [0.717, 1.165) is 22.4 Å². The second-order valence-corrected chi connectivity index (χ2v) is 5.56. The molecular formula is C15H17BrN2O. The van der Waals surface area contributed by atoms with Crippen molar-refractivity contribution in [1.82, 2.24) is 4.98 Å². The highest BCUT2D eigenvalue weighted by molar-refractivity contribution is 9.10. The SMILES string of the molecule is Cc1cccc(CN(C)c2ncc(Br)cc2CO)c1. The molecule has 0 spiro atoms. The van der Waals surface area contributed by atoms with E-state index >= 15 is 0 Å². The first kappa shape index (κ1) is 14.0. The molecule has 0 aliphatic heterocycles. The molecule has 19 heavy (non-hydrogen) atoms. The summed E-state index contributed by atoms with van der Waals surface area (Å²) in [4.78, 5) is 6.44. The molecule has 1 aromatic carbocycles. The molecule has 0 radical (unpaired) electrons. The Bertz CT molecular complexity index is 572. The van der Waals surface area contributed by atoms with Crippen LogP contribution in [0, 0.1) is 6.92 Å². The summed E-state index contributed by atoms with van der Waals surface area (Å²) in [5.74, 6) is 0.812. The standard InChI is InChI=1S/C15H17BrN2O/c1-11-4-3-5-12(6-11)9-18(2)15-13(10-19)7-14(16)8-17-15/h3-8,19H,9-10H2,1-2H3. The van der Waals surface area contributed by atoms with Gasteiger partial charge in [-0.25, -0.2) is 4.98 Å². The molecule has 0 atom stereocenters. The molecule has 1 heterocycles. The number of pyridine rings is 1. The first-order chi connectivity index (χ1) is 9.10. The van der Waals surface area contributed by atoms with E-state index in [9.17, 15) is 5.11 Å². The summed E-state index contributed by atoms with van der Waals surface area (Å²) in [6.45, 7) is 2.84. The monoisotopic (exact) mass is 320 g/mol. The van der Waals surface area contributed by atoms with Crippen LogP contribution < -0.4 is 4.90 Å². The fourth-order valence-corrected chi connectivity index (χ4v) is 2.47. The second kappa shape index (κ2) is 6.17. The van der Waals surface area contributed by atoms with Crippen molar-refractivity contribution in [3.8, 4) is 0 Å². The Morgan fingerprint density at radius 1 is 1.32 bits per heavy atom. The predicted octanol–water partition coefficient (Wildman–Crippen LogP) is 3.28. The maximum Gasteiger partial charge on any atom is 0.134 e. The number of aliphatic hydroxyl groups excluding tert-OH is 1. The van der Waals surface area contributed by atoms with Gasteiger partial charge >= 0.3 is 0 Å². The van der Waals surface area contributed by atoms with E-state index in [4.69, 9.17) is 0 Å². The molecule has 0 saturated carbocycles. The van der Waals surface area contributed by atoms with Gasteiger partial charge in [-0.2, -0.15) is 0 Å². The number of aliphatic hydroxyl groups is 1. The van der Waals surface area contributed by atoms with E-state index in [1.807, 2.05) is 18.0 Å². The Hall–Kier alpha value is -1.39. The normalized spacial score (nSPS) is 10.5. The maximum atomic E-state index is 9.41. The maximum absolute atomic E-state index is 9.41. The molecular weight excluding hydrogens is 304 g/mol. The number of aryl methyl sites for hydroxylation is 1. The minimum absolute atomic E-state index is 0.0140. The number of hydrogen-bond donors (Lipinski definition) is 1. The van der Waals surface area contributed by atoms with Crippen LogP contribution in [0.4, 0.5) is 5.82 Å². The van der Waals surface area contributed by atoms with Gasteiger partial charge in [0.25, 0.3) is 0 Å². The summed E-state index contributed by atoms with van der Waals surface area (Å²) in [5, 5.41) is 9.41. The van der Waals surface area contributed by atoms with Crippen molar-refractivity contribution in [2.45, 2.75) is 20.1 Å². The number of aromatic nitrogens is 1. The van der Waals surface area contributed by atoms with Crippen LogP contribution in [0.3, 0.4) is 0 Å². The van der Waals surface area contributed by atoms with E-state index in [1.54, 1.807) is 6.20 Å². The van der Waals surface area contributed by atoms with Crippen LogP contribution in [-0.4, -0.2) is 17.1 Å². The van der Waals surface area contributed by atoms with Crippen LogP contribution in [0.5, 0.6) is 0 Å². The van der Waals surface area contributed by atoms with E-state index in [0.29, 0.717) is 0 Å². The highest BCUT2D eigenvalue weighted by atomic mass is 79.9. The summed E-state index contributed by atoms with van der Waals surface area (Å²) in [7, 11) is 1.98. The fourth-order valence-electron chi connectivity index (χ4n) is 2.09. The van der Waals surface area contributed by atoms with Crippen molar-refractivity contribution in [2.24, 2.45) is 0 Å². The minimum Gasteiger partial charge on any atom is -0.392 e. The van der Waals surface area contributed by atoms with E-state index in [-0.39, 0.29) is 6.61 Å². The van der Waals surface area contributed by atoms with Crippen molar-refractivity contribution >= 4 is 21.7 Å². The van der Waals surface area contributed by atoms with Gasteiger partial charge in [-0.15, -0.1) is 0 Å². The molecule has 0 bridgehead atoms. The molecule has 3 nitrogen and oxygen atoms in total. The third-order valence-electron chi connectivity index (χ3n) is 2.94. The second-order valence-electron chi connectivity index (χ2n) is 4.64. The first-order valence-electron chi connectivity index (χ1n) is 6.12. The van der Waals surface area contributed by atoms with Crippen LogP contribution in [0.15, 0.2) is 41.0 Å². The lowest BCUT2D eigenvalue weighted by Gasteiger charge is -2.21. The highest BCUT2D eigenvalue weighted by Crippen LogP contribution is 2.22. The third-order valence-corrected chi connectivity index (χ3v) is 3.38. The Balaban J connectivity index is 2.22. The van der Waals surface area contributed by atoms with Crippen LogP contribution >= 0.6 is 15.9 Å². The van der Waals surface area contributed by atoms with Crippen LogP contribution in [0.1, 0.15) is 16.7 Å². The summed E-state index contributed by atoms with van der Waals surface area (Å²) >= 11 is 3.37. The largest absolute Gasteiger partial charge is 0.392 e.